The van der Waals surface area contributed by atoms with Gasteiger partial charge >= 0.3 is 11.9 Å². The lowest BCUT2D eigenvalue weighted by Gasteiger charge is -2.32. The van der Waals surface area contributed by atoms with Crippen LogP contribution in [0.5, 0.6) is 23.5 Å². The minimum absolute atomic E-state index is 0.0807. The SMILES string of the molecule is CCSc1cc(O)n(-c2cc3c4c(cc(-n5c(O)cc(SCC)c5O)cc4c2)C(=O)N([C@@H](CC(=O)OC)C(=O)OC)C3=O)c1O. The molecule has 1 atom stereocenters. The highest BCUT2D eigenvalue weighted by atomic mass is 32.2. The highest BCUT2D eigenvalue weighted by molar-refractivity contribution is 7.99. The van der Waals surface area contributed by atoms with E-state index >= 15 is 0 Å². The zero-order valence-corrected chi connectivity index (χ0v) is 26.2. The van der Waals surface area contributed by atoms with Gasteiger partial charge in [-0.25, -0.2) is 4.79 Å². The number of carbonyl (C=O) groups excluding carboxylic acids is 4. The first-order chi connectivity index (χ1) is 21.5. The molecule has 0 saturated heterocycles. The van der Waals surface area contributed by atoms with Crippen molar-refractivity contribution in [2.75, 3.05) is 25.7 Å². The van der Waals surface area contributed by atoms with Gasteiger partial charge in [0.2, 0.25) is 11.8 Å². The maximum Gasteiger partial charge on any atom is 0.329 e. The van der Waals surface area contributed by atoms with Crippen LogP contribution in [0.2, 0.25) is 0 Å². The Morgan fingerprint density at radius 2 is 1.22 bits per heavy atom. The van der Waals surface area contributed by atoms with Crippen LogP contribution >= 0.6 is 23.5 Å². The first-order valence-electron chi connectivity index (χ1n) is 13.6. The lowest BCUT2D eigenvalue weighted by atomic mass is 9.91. The van der Waals surface area contributed by atoms with Crippen molar-refractivity contribution in [1.29, 1.82) is 0 Å². The molecule has 45 heavy (non-hydrogen) atoms. The van der Waals surface area contributed by atoms with Gasteiger partial charge in [-0.3, -0.25) is 28.4 Å². The second-order valence-electron chi connectivity index (χ2n) is 9.80. The number of aromatic nitrogens is 2. The van der Waals surface area contributed by atoms with Crippen molar-refractivity contribution in [2.45, 2.75) is 36.1 Å². The molecule has 2 aromatic heterocycles. The molecular formula is C30H29N3O10S2. The van der Waals surface area contributed by atoms with Crippen LogP contribution in [-0.2, 0) is 19.1 Å². The van der Waals surface area contributed by atoms with Gasteiger partial charge < -0.3 is 29.9 Å². The Bertz CT molecular complexity index is 1770. The largest absolute Gasteiger partial charge is 0.494 e. The molecule has 0 spiro atoms. The minimum atomic E-state index is -1.69. The maximum absolute atomic E-state index is 14.1. The smallest absolute Gasteiger partial charge is 0.329 e. The van der Waals surface area contributed by atoms with Gasteiger partial charge in [0.25, 0.3) is 11.8 Å². The molecule has 236 valence electrons. The van der Waals surface area contributed by atoms with Gasteiger partial charge in [-0.15, -0.1) is 23.5 Å². The van der Waals surface area contributed by atoms with Gasteiger partial charge in [0.1, 0.15) is 6.04 Å². The van der Waals surface area contributed by atoms with E-state index in [2.05, 4.69) is 0 Å². The Morgan fingerprint density at radius 3 is 1.62 bits per heavy atom. The Morgan fingerprint density at radius 1 is 0.756 bits per heavy atom. The average Bonchev–Trinajstić information content (AvgIpc) is 3.46. The summed E-state index contributed by atoms with van der Waals surface area (Å²) < 4.78 is 11.8. The van der Waals surface area contributed by atoms with E-state index in [0.29, 0.717) is 26.2 Å². The van der Waals surface area contributed by atoms with Crippen LogP contribution in [0.3, 0.4) is 0 Å². The summed E-state index contributed by atoms with van der Waals surface area (Å²) >= 11 is 2.56. The van der Waals surface area contributed by atoms with Crippen LogP contribution in [0, 0.1) is 0 Å². The van der Waals surface area contributed by atoms with Crippen LogP contribution in [0.4, 0.5) is 0 Å². The van der Waals surface area contributed by atoms with Crippen molar-refractivity contribution in [3.8, 4) is 34.9 Å². The molecule has 5 rings (SSSR count). The quantitative estimate of drug-likeness (QED) is 0.109. The monoisotopic (exact) mass is 655 g/mol. The molecule has 0 unspecified atom stereocenters. The standard InChI is InChI=1S/C30H29N3O10S2/c1-5-44-20-12-22(34)31(28(20)39)15-7-14-8-16(32-23(35)13-21(29(32)40)45-6-2)10-18-25(14)17(9-15)26(37)33(27(18)38)19(30(41)43-4)11-24(36)42-3/h7-10,12-13,19,34-35,39-40H,5-6,11H2,1-4H3/t19-/m0/s1. The van der Waals surface area contributed by atoms with Crippen LogP contribution in [0.25, 0.3) is 22.1 Å². The van der Waals surface area contributed by atoms with Gasteiger partial charge in [0, 0.05) is 17.5 Å². The zero-order chi connectivity index (χ0) is 32.7. The van der Waals surface area contributed by atoms with Gasteiger partial charge in [0.05, 0.1) is 52.9 Å². The third-order valence-electron chi connectivity index (χ3n) is 7.25. The predicted molar refractivity (Wildman–Crippen MR) is 165 cm³/mol. The molecule has 1 aliphatic rings. The lowest BCUT2D eigenvalue weighted by molar-refractivity contribution is -0.151. The van der Waals surface area contributed by atoms with Crippen molar-refractivity contribution < 1.29 is 49.1 Å². The van der Waals surface area contributed by atoms with E-state index in [9.17, 15) is 39.6 Å². The number of thioether (sulfide) groups is 2. The maximum atomic E-state index is 14.1. The molecule has 2 amide bonds. The number of esters is 2. The molecule has 4 N–H and O–H groups in total. The molecule has 2 aromatic carbocycles. The van der Waals surface area contributed by atoms with Crippen LogP contribution in [0.1, 0.15) is 41.0 Å². The number of ether oxygens (including phenoxy) is 2. The summed E-state index contributed by atoms with van der Waals surface area (Å²) in [5.74, 6) is -3.85. The normalized spacial score (nSPS) is 13.4. The second kappa shape index (κ2) is 12.3. The van der Waals surface area contributed by atoms with Crippen molar-refractivity contribution in [3.63, 3.8) is 0 Å². The van der Waals surface area contributed by atoms with E-state index in [-0.39, 0.29) is 56.8 Å². The topological polar surface area (TPSA) is 181 Å². The van der Waals surface area contributed by atoms with Gasteiger partial charge in [0.15, 0.2) is 11.8 Å². The number of aromatic hydroxyl groups is 4. The summed E-state index contributed by atoms with van der Waals surface area (Å²) in [6, 6.07) is 6.78. The van der Waals surface area contributed by atoms with Crippen LogP contribution in [-0.4, -0.2) is 90.0 Å². The van der Waals surface area contributed by atoms with E-state index in [1.165, 1.54) is 59.9 Å². The molecule has 15 heteroatoms. The fourth-order valence-electron chi connectivity index (χ4n) is 5.33. The highest BCUT2D eigenvalue weighted by Gasteiger charge is 2.43. The van der Waals surface area contributed by atoms with E-state index in [1.807, 2.05) is 13.8 Å². The number of methoxy groups -OCH3 is 2. The van der Waals surface area contributed by atoms with Crippen molar-refractivity contribution in [2.24, 2.45) is 0 Å². The summed E-state index contributed by atoms with van der Waals surface area (Å²) in [4.78, 5) is 54.6. The zero-order valence-electron chi connectivity index (χ0n) is 24.6. The molecule has 0 saturated carbocycles. The highest BCUT2D eigenvalue weighted by Crippen LogP contribution is 2.43. The fraction of sp³-hybridized carbons (Fsp3) is 0.267. The van der Waals surface area contributed by atoms with E-state index in [1.54, 1.807) is 0 Å². The number of rotatable bonds is 10. The van der Waals surface area contributed by atoms with Gasteiger partial charge in [-0.05, 0) is 41.2 Å². The Labute approximate surface area is 264 Å². The third-order valence-corrected chi connectivity index (χ3v) is 9.05. The second-order valence-corrected chi connectivity index (χ2v) is 12.4. The molecule has 1 aliphatic heterocycles. The van der Waals surface area contributed by atoms with E-state index < -0.39 is 36.2 Å². The number of benzene rings is 2. The van der Waals surface area contributed by atoms with Crippen LogP contribution < -0.4 is 0 Å². The summed E-state index contributed by atoms with van der Waals surface area (Å²) in [6.45, 7) is 3.74. The Kier molecular flexibility index (Phi) is 8.67. The van der Waals surface area contributed by atoms with Crippen molar-refractivity contribution in [3.05, 3.63) is 47.5 Å². The Hall–Kier alpha value is -4.76. The first-order valence-corrected chi connectivity index (χ1v) is 15.6. The number of imide groups is 1. The molecule has 3 heterocycles. The summed E-state index contributed by atoms with van der Waals surface area (Å²) in [5, 5.41) is 44.0. The summed E-state index contributed by atoms with van der Waals surface area (Å²) in [7, 11) is 2.14. The minimum Gasteiger partial charge on any atom is -0.494 e. The molecule has 0 fully saturated rings. The predicted octanol–water partition coefficient (Wildman–Crippen LogP) is 4.17. The molecule has 0 aliphatic carbocycles. The summed E-state index contributed by atoms with van der Waals surface area (Å²) in [5.41, 5.74) is 0.101. The number of hydrogen-bond acceptors (Lipinski definition) is 12. The Balaban J connectivity index is 1.83. The third kappa shape index (κ3) is 5.31. The lowest BCUT2D eigenvalue weighted by Crippen LogP contribution is -2.52. The first kappa shape index (κ1) is 31.7. The molecule has 0 radical (unpaired) electrons. The van der Waals surface area contributed by atoms with Gasteiger partial charge in [-0.1, -0.05) is 13.8 Å². The van der Waals surface area contributed by atoms with Gasteiger partial charge in [-0.2, -0.15) is 0 Å². The number of nitrogens with zero attached hydrogens (tertiary/aromatic N) is 3. The summed E-state index contributed by atoms with van der Waals surface area (Å²) in [6.07, 6.45) is -0.688. The van der Waals surface area contributed by atoms with Crippen LogP contribution in [0.15, 0.2) is 46.2 Å². The fourth-order valence-corrected chi connectivity index (χ4v) is 6.77. The number of hydrogen-bond donors (Lipinski definition) is 4. The molecule has 4 aromatic rings. The molecule has 13 nitrogen and oxygen atoms in total. The average molecular weight is 656 g/mol. The van der Waals surface area contributed by atoms with E-state index in [0.717, 1.165) is 23.4 Å². The number of amides is 2. The number of carbonyl (C=O) groups is 4. The van der Waals surface area contributed by atoms with Crippen molar-refractivity contribution in [1.82, 2.24) is 14.0 Å². The van der Waals surface area contributed by atoms with Crippen molar-refractivity contribution >= 4 is 58.0 Å². The molecule has 0 bridgehead atoms. The molecular weight excluding hydrogens is 626 g/mol. The van der Waals surface area contributed by atoms with E-state index in [4.69, 9.17) is 9.47 Å².